The van der Waals surface area contributed by atoms with E-state index in [1.807, 2.05) is 0 Å². The van der Waals surface area contributed by atoms with Gasteiger partial charge >= 0.3 is 5.97 Å². The van der Waals surface area contributed by atoms with Crippen LogP contribution in [0.15, 0.2) is 48.5 Å². The van der Waals surface area contributed by atoms with Crippen LogP contribution in [0.25, 0.3) is 0 Å². The third-order valence-electron chi connectivity index (χ3n) is 3.20. The molecule has 25 heavy (non-hydrogen) atoms. The third kappa shape index (κ3) is 5.35. The molecule has 0 saturated carbocycles. The minimum Gasteiger partial charge on any atom is -0.479 e. The van der Waals surface area contributed by atoms with Crippen molar-refractivity contribution in [2.45, 2.75) is 6.10 Å². The van der Waals surface area contributed by atoms with Crippen molar-refractivity contribution in [1.29, 1.82) is 0 Å². The predicted octanol–water partition coefficient (Wildman–Crippen LogP) is 2.34. The zero-order valence-electron chi connectivity index (χ0n) is 13.2. The van der Waals surface area contributed by atoms with E-state index >= 15 is 0 Å². The molecule has 0 fully saturated rings. The number of rotatable bonds is 7. The van der Waals surface area contributed by atoms with Crippen molar-refractivity contribution in [3.8, 4) is 11.5 Å². The number of sulfonamides is 1. The van der Waals surface area contributed by atoms with Crippen LogP contribution in [0.2, 0.25) is 5.02 Å². The number of hydrogen-bond donors (Lipinski definition) is 2. The van der Waals surface area contributed by atoms with Gasteiger partial charge in [-0.1, -0.05) is 11.6 Å². The Morgan fingerprint density at radius 1 is 1.12 bits per heavy atom. The minimum atomic E-state index is -3.77. The van der Waals surface area contributed by atoms with Gasteiger partial charge in [0.05, 0.1) is 18.5 Å². The summed E-state index contributed by atoms with van der Waals surface area (Å²) in [5.74, 6) is -0.493. The molecular weight excluding hydrogens is 370 g/mol. The normalized spacial score (nSPS) is 12.4. The lowest BCUT2D eigenvalue weighted by Crippen LogP contribution is -2.40. The van der Waals surface area contributed by atoms with E-state index in [1.165, 1.54) is 24.3 Å². The van der Waals surface area contributed by atoms with Crippen LogP contribution in [-0.2, 0) is 14.8 Å². The second-order valence-electron chi connectivity index (χ2n) is 5.20. The molecule has 0 aliphatic rings. The molecule has 0 saturated heterocycles. The molecule has 2 aromatic rings. The summed E-state index contributed by atoms with van der Waals surface area (Å²) in [6.07, 6.45) is -0.903. The van der Waals surface area contributed by atoms with Gasteiger partial charge in [0.1, 0.15) is 11.5 Å². The van der Waals surface area contributed by atoms with E-state index in [9.17, 15) is 18.3 Å². The number of benzene rings is 2. The molecular formula is C16H16ClNO6S. The van der Waals surface area contributed by atoms with Crippen LogP contribution in [0.3, 0.4) is 0 Å². The molecule has 0 aliphatic carbocycles. The zero-order valence-corrected chi connectivity index (χ0v) is 14.7. The van der Waals surface area contributed by atoms with E-state index in [4.69, 9.17) is 21.4 Å². The second kappa shape index (κ2) is 7.73. The van der Waals surface area contributed by atoms with Crippen molar-refractivity contribution in [3.05, 3.63) is 53.6 Å². The quantitative estimate of drug-likeness (QED) is 0.758. The average molecular weight is 386 g/mol. The Kier molecular flexibility index (Phi) is 5.89. The standard InChI is InChI=1S/C16H16ClNO6S/c1-25(22,23)18(10-15(19)16(20)21)12-4-8-14(9-5-12)24-13-6-2-11(17)3-7-13/h2-9,15,19H,10H2,1H3,(H,20,21)/t15-/m0/s1. The van der Waals surface area contributed by atoms with Crippen molar-refractivity contribution in [1.82, 2.24) is 0 Å². The molecule has 0 aliphatic heterocycles. The van der Waals surface area contributed by atoms with Gasteiger partial charge in [-0.3, -0.25) is 4.31 Å². The molecule has 9 heteroatoms. The lowest BCUT2D eigenvalue weighted by molar-refractivity contribution is -0.145. The Hall–Kier alpha value is -2.29. The van der Waals surface area contributed by atoms with Crippen LogP contribution < -0.4 is 9.04 Å². The summed E-state index contributed by atoms with van der Waals surface area (Å²) in [6.45, 7) is -0.592. The SMILES string of the molecule is CS(=O)(=O)N(C[C@H](O)C(=O)O)c1ccc(Oc2ccc(Cl)cc2)cc1. The van der Waals surface area contributed by atoms with E-state index in [0.29, 0.717) is 16.5 Å². The fourth-order valence-electron chi connectivity index (χ4n) is 1.99. The van der Waals surface area contributed by atoms with Gasteiger partial charge in [0.2, 0.25) is 10.0 Å². The van der Waals surface area contributed by atoms with Crippen molar-refractivity contribution in [2.75, 3.05) is 17.1 Å². The van der Waals surface area contributed by atoms with E-state index in [2.05, 4.69) is 0 Å². The number of nitrogens with zero attached hydrogens (tertiary/aromatic N) is 1. The molecule has 0 heterocycles. The van der Waals surface area contributed by atoms with Gasteiger partial charge < -0.3 is 14.9 Å². The molecule has 1 atom stereocenters. The van der Waals surface area contributed by atoms with Crippen LogP contribution in [0.5, 0.6) is 11.5 Å². The summed E-state index contributed by atoms with van der Waals surface area (Å²) in [5, 5.41) is 18.8. The van der Waals surface area contributed by atoms with E-state index < -0.39 is 28.6 Å². The number of halogens is 1. The van der Waals surface area contributed by atoms with E-state index in [1.54, 1.807) is 24.3 Å². The summed E-state index contributed by atoms with van der Waals surface area (Å²) in [7, 11) is -3.77. The van der Waals surface area contributed by atoms with Crippen molar-refractivity contribution in [2.24, 2.45) is 0 Å². The van der Waals surface area contributed by atoms with E-state index in [0.717, 1.165) is 10.6 Å². The highest BCUT2D eigenvalue weighted by Gasteiger charge is 2.24. The highest BCUT2D eigenvalue weighted by Crippen LogP contribution is 2.26. The molecule has 2 rings (SSSR count). The van der Waals surface area contributed by atoms with Gasteiger partial charge in [-0.15, -0.1) is 0 Å². The molecule has 0 aromatic heterocycles. The van der Waals surface area contributed by atoms with Crippen LogP contribution in [0.4, 0.5) is 5.69 Å². The number of carbonyl (C=O) groups is 1. The Labute approximate surface area is 150 Å². The first-order valence-corrected chi connectivity index (χ1v) is 9.31. The fraction of sp³-hybridized carbons (Fsp3) is 0.188. The summed E-state index contributed by atoms with van der Waals surface area (Å²) in [4.78, 5) is 10.8. The Bertz CT molecular complexity index is 836. The maximum Gasteiger partial charge on any atom is 0.334 e. The summed E-state index contributed by atoms with van der Waals surface area (Å²) >= 11 is 5.80. The highest BCUT2D eigenvalue weighted by molar-refractivity contribution is 7.92. The lowest BCUT2D eigenvalue weighted by Gasteiger charge is -2.23. The van der Waals surface area contributed by atoms with Crippen LogP contribution in [0.1, 0.15) is 0 Å². The summed E-state index contributed by atoms with van der Waals surface area (Å²) in [5.41, 5.74) is 0.214. The van der Waals surface area contributed by atoms with Crippen LogP contribution in [-0.4, -0.2) is 43.5 Å². The molecule has 0 radical (unpaired) electrons. The van der Waals surface area contributed by atoms with Crippen molar-refractivity contribution in [3.63, 3.8) is 0 Å². The first-order valence-electron chi connectivity index (χ1n) is 7.09. The lowest BCUT2D eigenvalue weighted by atomic mass is 10.2. The van der Waals surface area contributed by atoms with Crippen molar-refractivity contribution < 1.29 is 28.2 Å². The number of hydrogen-bond acceptors (Lipinski definition) is 5. The van der Waals surface area contributed by atoms with Gasteiger partial charge in [-0.25, -0.2) is 13.2 Å². The van der Waals surface area contributed by atoms with E-state index in [-0.39, 0.29) is 5.69 Å². The Balaban J connectivity index is 2.20. The number of anilines is 1. The minimum absolute atomic E-state index is 0.214. The molecule has 0 bridgehead atoms. The Morgan fingerprint density at radius 3 is 2.04 bits per heavy atom. The number of carboxylic acids is 1. The molecule has 7 nitrogen and oxygen atoms in total. The smallest absolute Gasteiger partial charge is 0.334 e. The monoisotopic (exact) mass is 385 g/mol. The molecule has 0 amide bonds. The van der Waals surface area contributed by atoms with Gasteiger partial charge in [0.15, 0.2) is 6.10 Å². The number of ether oxygens (including phenoxy) is 1. The highest BCUT2D eigenvalue weighted by atomic mass is 35.5. The van der Waals surface area contributed by atoms with Gasteiger partial charge in [-0.2, -0.15) is 0 Å². The topological polar surface area (TPSA) is 104 Å². The average Bonchev–Trinajstić information content (AvgIpc) is 2.54. The first kappa shape index (κ1) is 19.0. The summed E-state index contributed by atoms with van der Waals surface area (Å²) < 4.78 is 30.2. The maximum absolute atomic E-state index is 11.9. The second-order valence-corrected chi connectivity index (χ2v) is 7.54. The number of carboxylic acid groups (broad SMARTS) is 1. The van der Waals surface area contributed by atoms with Gasteiger partial charge in [-0.05, 0) is 48.5 Å². The number of aliphatic carboxylic acids is 1. The zero-order chi connectivity index (χ0) is 18.6. The summed E-state index contributed by atoms with van der Waals surface area (Å²) in [6, 6.07) is 12.7. The largest absolute Gasteiger partial charge is 0.479 e. The third-order valence-corrected chi connectivity index (χ3v) is 4.61. The molecule has 2 aromatic carbocycles. The fourth-order valence-corrected chi connectivity index (χ4v) is 3.03. The Morgan fingerprint density at radius 2 is 1.60 bits per heavy atom. The molecule has 2 N–H and O–H groups in total. The molecule has 0 spiro atoms. The maximum atomic E-state index is 11.9. The predicted molar refractivity (Wildman–Crippen MR) is 93.8 cm³/mol. The first-order chi connectivity index (χ1) is 11.7. The van der Waals surface area contributed by atoms with Crippen LogP contribution in [0, 0.1) is 0 Å². The van der Waals surface area contributed by atoms with Crippen molar-refractivity contribution >= 4 is 33.3 Å². The molecule has 134 valence electrons. The van der Waals surface area contributed by atoms with Gasteiger partial charge in [0, 0.05) is 5.02 Å². The molecule has 0 unspecified atom stereocenters. The van der Waals surface area contributed by atoms with Crippen LogP contribution >= 0.6 is 11.6 Å². The number of aliphatic hydroxyl groups excluding tert-OH is 1. The number of aliphatic hydroxyl groups is 1. The van der Waals surface area contributed by atoms with Gasteiger partial charge in [0.25, 0.3) is 0 Å².